The molecule has 154 valence electrons. The van der Waals surface area contributed by atoms with Gasteiger partial charge in [-0.2, -0.15) is 0 Å². The predicted molar refractivity (Wildman–Crippen MR) is 110 cm³/mol. The number of nitro benzene ring substituents is 1. The Kier molecular flexibility index (Phi) is 6.50. The van der Waals surface area contributed by atoms with Gasteiger partial charge in [0.1, 0.15) is 17.2 Å². The molecule has 1 aliphatic rings. The molecular formula is C20H24N4O5. The summed E-state index contributed by atoms with van der Waals surface area (Å²) < 4.78 is 10.4. The molecule has 3 rings (SSSR count). The number of carbonyl (C=O) groups is 1. The molecule has 1 amide bonds. The fourth-order valence-corrected chi connectivity index (χ4v) is 3.32. The number of methoxy groups -OCH3 is 2. The molecule has 29 heavy (non-hydrogen) atoms. The maximum Gasteiger partial charge on any atom is 0.292 e. The van der Waals surface area contributed by atoms with E-state index in [0.29, 0.717) is 49.1 Å². The molecule has 1 heterocycles. The number of nitro groups is 1. The minimum Gasteiger partial charge on any atom is -0.497 e. The topological polar surface area (TPSA) is 97.2 Å². The molecule has 1 N–H and O–H groups in total. The second kappa shape index (κ2) is 9.24. The summed E-state index contributed by atoms with van der Waals surface area (Å²) >= 11 is 0. The molecule has 0 spiro atoms. The first kappa shape index (κ1) is 20.4. The average molecular weight is 400 g/mol. The molecule has 1 fully saturated rings. The molecule has 2 aromatic rings. The maximum atomic E-state index is 12.4. The number of anilines is 2. The van der Waals surface area contributed by atoms with Gasteiger partial charge in [-0.3, -0.25) is 19.8 Å². The fourth-order valence-electron chi connectivity index (χ4n) is 3.32. The van der Waals surface area contributed by atoms with Gasteiger partial charge in [-0.25, -0.2) is 0 Å². The highest BCUT2D eigenvalue weighted by Crippen LogP contribution is 2.28. The van der Waals surface area contributed by atoms with E-state index in [1.165, 1.54) is 6.07 Å². The van der Waals surface area contributed by atoms with E-state index in [1.807, 2.05) is 9.80 Å². The first-order chi connectivity index (χ1) is 14.0. The van der Waals surface area contributed by atoms with Crippen molar-refractivity contribution in [3.63, 3.8) is 0 Å². The van der Waals surface area contributed by atoms with Gasteiger partial charge in [-0.05, 0) is 6.07 Å². The van der Waals surface area contributed by atoms with Crippen molar-refractivity contribution in [2.24, 2.45) is 0 Å². The lowest BCUT2D eigenvalue weighted by molar-refractivity contribution is -0.384. The van der Waals surface area contributed by atoms with E-state index < -0.39 is 0 Å². The molecule has 1 aliphatic heterocycles. The van der Waals surface area contributed by atoms with Gasteiger partial charge in [0.15, 0.2) is 0 Å². The van der Waals surface area contributed by atoms with Gasteiger partial charge in [-0.15, -0.1) is 0 Å². The van der Waals surface area contributed by atoms with Gasteiger partial charge in [0, 0.05) is 56.1 Å². The largest absolute Gasteiger partial charge is 0.497 e. The lowest BCUT2D eigenvalue weighted by atomic mass is 10.2. The van der Waals surface area contributed by atoms with Crippen molar-refractivity contribution in [2.45, 2.75) is 0 Å². The second-order valence-electron chi connectivity index (χ2n) is 6.66. The van der Waals surface area contributed by atoms with Crippen molar-refractivity contribution < 1.29 is 19.2 Å². The van der Waals surface area contributed by atoms with Gasteiger partial charge in [-0.1, -0.05) is 12.1 Å². The highest BCUT2D eigenvalue weighted by Gasteiger charge is 2.24. The van der Waals surface area contributed by atoms with E-state index in [4.69, 9.17) is 9.47 Å². The molecular weight excluding hydrogens is 376 g/mol. The summed E-state index contributed by atoms with van der Waals surface area (Å²) in [5.74, 6) is 1.05. The number of piperazine rings is 1. The first-order valence-electron chi connectivity index (χ1n) is 9.24. The molecule has 9 heteroatoms. The molecule has 0 unspecified atom stereocenters. The van der Waals surface area contributed by atoms with Crippen molar-refractivity contribution in [1.82, 2.24) is 4.90 Å². The zero-order valence-electron chi connectivity index (χ0n) is 16.5. The molecule has 2 aromatic carbocycles. The van der Waals surface area contributed by atoms with Crippen LogP contribution in [-0.4, -0.2) is 62.7 Å². The maximum absolute atomic E-state index is 12.4. The van der Waals surface area contributed by atoms with Crippen molar-refractivity contribution in [2.75, 3.05) is 57.2 Å². The highest BCUT2D eigenvalue weighted by atomic mass is 16.6. The van der Waals surface area contributed by atoms with Crippen LogP contribution in [0.4, 0.5) is 17.1 Å². The Morgan fingerprint density at radius 2 is 1.69 bits per heavy atom. The molecule has 0 bridgehead atoms. The number of ether oxygens (including phenoxy) is 2. The number of benzene rings is 2. The van der Waals surface area contributed by atoms with Crippen LogP contribution in [0, 0.1) is 10.1 Å². The number of para-hydroxylation sites is 2. The molecule has 0 saturated carbocycles. The van der Waals surface area contributed by atoms with Crippen LogP contribution >= 0.6 is 0 Å². The van der Waals surface area contributed by atoms with Crippen molar-refractivity contribution >= 4 is 23.0 Å². The Balaban J connectivity index is 1.56. The van der Waals surface area contributed by atoms with Gasteiger partial charge in [0.25, 0.3) is 5.69 Å². The van der Waals surface area contributed by atoms with Gasteiger partial charge in [0.05, 0.1) is 25.7 Å². The summed E-state index contributed by atoms with van der Waals surface area (Å²) in [7, 11) is 3.11. The van der Waals surface area contributed by atoms with Gasteiger partial charge >= 0.3 is 0 Å². The van der Waals surface area contributed by atoms with Gasteiger partial charge < -0.3 is 19.7 Å². The smallest absolute Gasteiger partial charge is 0.292 e. The van der Waals surface area contributed by atoms with E-state index in [1.54, 1.807) is 50.6 Å². The summed E-state index contributed by atoms with van der Waals surface area (Å²) in [6.07, 6.45) is 0. The lowest BCUT2D eigenvalue weighted by Crippen LogP contribution is -2.48. The Bertz CT molecular complexity index is 859. The second-order valence-corrected chi connectivity index (χ2v) is 6.66. The normalized spacial score (nSPS) is 14.3. The quantitative estimate of drug-likeness (QED) is 0.563. The molecule has 0 aliphatic carbocycles. The van der Waals surface area contributed by atoms with Crippen molar-refractivity contribution in [3.05, 3.63) is 52.6 Å². The Hall–Kier alpha value is -3.33. The van der Waals surface area contributed by atoms with Crippen molar-refractivity contribution in [3.8, 4) is 11.5 Å². The zero-order valence-corrected chi connectivity index (χ0v) is 16.5. The van der Waals surface area contributed by atoms with Crippen LogP contribution in [0.1, 0.15) is 0 Å². The Morgan fingerprint density at radius 3 is 2.28 bits per heavy atom. The molecule has 0 atom stereocenters. The van der Waals surface area contributed by atoms with Crippen LogP contribution in [0.15, 0.2) is 42.5 Å². The van der Waals surface area contributed by atoms with Gasteiger partial charge in [0.2, 0.25) is 5.91 Å². The van der Waals surface area contributed by atoms with Crippen LogP contribution < -0.4 is 19.7 Å². The highest BCUT2D eigenvalue weighted by molar-refractivity contribution is 5.92. The summed E-state index contributed by atoms with van der Waals surface area (Å²) in [6.45, 7) is 2.75. The third kappa shape index (κ3) is 5.14. The summed E-state index contributed by atoms with van der Waals surface area (Å²) in [4.78, 5) is 27.3. The van der Waals surface area contributed by atoms with Crippen LogP contribution in [0.25, 0.3) is 0 Å². The number of hydrogen-bond donors (Lipinski definition) is 1. The first-order valence-corrected chi connectivity index (χ1v) is 9.24. The van der Waals surface area contributed by atoms with Crippen LogP contribution in [0.5, 0.6) is 11.5 Å². The number of hydrogen-bond acceptors (Lipinski definition) is 7. The number of nitrogens with one attached hydrogen (secondary N) is 1. The van der Waals surface area contributed by atoms with E-state index in [0.717, 1.165) is 0 Å². The third-order valence-corrected chi connectivity index (χ3v) is 4.79. The molecule has 0 radical (unpaired) electrons. The van der Waals surface area contributed by atoms with E-state index >= 15 is 0 Å². The predicted octanol–water partition coefficient (Wildman–Crippen LogP) is 2.37. The SMILES string of the molecule is COc1cc(NC(=O)CN2CCN(c3ccccc3[N+](=O)[O-])CC2)cc(OC)c1. The molecule has 1 saturated heterocycles. The average Bonchev–Trinajstić information content (AvgIpc) is 2.73. The monoisotopic (exact) mass is 400 g/mol. The van der Waals surface area contributed by atoms with E-state index in [9.17, 15) is 14.9 Å². The lowest BCUT2D eigenvalue weighted by Gasteiger charge is -2.35. The molecule has 0 aromatic heterocycles. The number of rotatable bonds is 7. The Morgan fingerprint density at radius 1 is 1.07 bits per heavy atom. The van der Waals surface area contributed by atoms with Crippen LogP contribution in [0.3, 0.4) is 0 Å². The number of amides is 1. The number of nitrogens with zero attached hydrogens (tertiary/aromatic N) is 3. The zero-order chi connectivity index (χ0) is 20.8. The minimum absolute atomic E-state index is 0.102. The Labute approximate surface area is 169 Å². The van der Waals surface area contributed by atoms with Crippen LogP contribution in [-0.2, 0) is 4.79 Å². The standard InChI is InChI=1S/C20H24N4O5/c1-28-16-11-15(12-17(13-16)29-2)21-20(25)14-22-7-9-23(10-8-22)18-5-3-4-6-19(18)24(26)27/h3-6,11-13H,7-10,14H2,1-2H3,(H,21,25). The summed E-state index contributed by atoms with van der Waals surface area (Å²) in [6, 6.07) is 11.9. The summed E-state index contributed by atoms with van der Waals surface area (Å²) in [5.41, 5.74) is 1.32. The molecule has 9 nitrogen and oxygen atoms in total. The van der Waals surface area contributed by atoms with E-state index in [-0.39, 0.29) is 23.1 Å². The van der Waals surface area contributed by atoms with Crippen LogP contribution in [0.2, 0.25) is 0 Å². The minimum atomic E-state index is -0.364. The fraction of sp³-hybridized carbons (Fsp3) is 0.350. The third-order valence-electron chi connectivity index (χ3n) is 4.79. The van der Waals surface area contributed by atoms with E-state index in [2.05, 4.69) is 5.32 Å². The summed E-state index contributed by atoms with van der Waals surface area (Å²) in [5, 5.41) is 14.1. The number of carbonyl (C=O) groups excluding carboxylic acids is 1. The van der Waals surface area contributed by atoms with Crippen molar-refractivity contribution in [1.29, 1.82) is 0 Å².